The molecule has 0 bridgehead atoms. The van der Waals surface area contributed by atoms with Crippen LogP contribution >= 0.6 is 22.9 Å². The Bertz CT molecular complexity index is 1080. The van der Waals surface area contributed by atoms with Crippen LogP contribution in [0.25, 0.3) is 11.3 Å². The number of hydrogen-bond acceptors (Lipinski definition) is 5. The van der Waals surface area contributed by atoms with E-state index >= 15 is 0 Å². The van der Waals surface area contributed by atoms with Gasteiger partial charge < -0.3 is 10.2 Å². The Hall–Kier alpha value is -2.57. The fourth-order valence-electron chi connectivity index (χ4n) is 3.43. The molecule has 1 aromatic heterocycles. The fourth-order valence-corrected chi connectivity index (χ4v) is 4.46. The van der Waals surface area contributed by atoms with Crippen molar-refractivity contribution in [2.75, 3.05) is 0 Å². The lowest BCUT2D eigenvalue weighted by molar-refractivity contribution is 0.403. The lowest BCUT2D eigenvalue weighted by Crippen LogP contribution is -2.19. The summed E-state index contributed by atoms with van der Waals surface area (Å²) >= 11 is 7.62. The highest BCUT2D eigenvalue weighted by Crippen LogP contribution is 2.25. The summed E-state index contributed by atoms with van der Waals surface area (Å²) in [6.45, 7) is 0. The van der Waals surface area contributed by atoms with Gasteiger partial charge in [0.25, 0.3) is 0 Å². The molecule has 0 unspecified atom stereocenters. The van der Waals surface area contributed by atoms with E-state index in [0.717, 1.165) is 28.9 Å². The Kier molecular flexibility index (Phi) is 6.02. The first-order valence-corrected chi connectivity index (χ1v) is 10.9. The molecule has 1 aliphatic rings. The number of aromatic hydroxyl groups is 2. The summed E-state index contributed by atoms with van der Waals surface area (Å²) in [6, 6.07) is 12.6. The largest absolute Gasteiger partial charge is 0.504 e. The van der Waals surface area contributed by atoms with E-state index in [-0.39, 0.29) is 11.5 Å². The van der Waals surface area contributed by atoms with E-state index in [2.05, 4.69) is 10.5 Å². The van der Waals surface area contributed by atoms with Crippen LogP contribution in [0.2, 0.25) is 5.02 Å². The SMILES string of the molecule is Oc1ccc(C=Nn2c(-c3ccc(Cl)cc3)csc2=NC2CCCCC2)cc1O. The number of benzene rings is 2. The molecule has 3 aromatic rings. The van der Waals surface area contributed by atoms with Crippen molar-refractivity contribution < 1.29 is 10.2 Å². The maximum absolute atomic E-state index is 9.74. The first-order chi connectivity index (χ1) is 14.1. The predicted octanol–water partition coefficient (Wildman–Crippen LogP) is 5.40. The van der Waals surface area contributed by atoms with Gasteiger partial charge in [-0.1, -0.05) is 43.0 Å². The van der Waals surface area contributed by atoms with E-state index < -0.39 is 0 Å². The van der Waals surface area contributed by atoms with Gasteiger partial charge in [0.05, 0.1) is 18.0 Å². The van der Waals surface area contributed by atoms with Gasteiger partial charge in [-0.2, -0.15) is 5.10 Å². The summed E-state index contributed by atoms with van der Waals surface area (Å²) in [5, 5.41) is 26.6. The lowest BCUT2D eigenvalue weighted by Gasteiger charge is -2.16. The van der Waals surface area contributed by atoms with Crippen LogP contribution in [-0.2, 0) is 0 Å². The Morgan fingerprint density at radius 1 is 1.00 bits per heavy atom. The van der Waals surface area contributed by atoms with Gasteiger partial charge in [0.1, 0.15) is 0 Å². The topological polar surface area (TPSA) is 70.1 Å². The van der Waals surface area contributed by atoms with Crippen molar-refractivity contribution in [2.24, 2.45) is 10.1 Å². The van der Waals surface area contributed by atoms with Gasteiger partial charge in [0.2, 0.25) is 4.80 Å². The van der Waals surface area contributed by atoms with E-state index in [1.807, 2.05) is 28.9 Å². The summed E-state index contributed by atoms with van der Waals surface area (Å²) in [4.78, 5) is 5.83. The standard InChI is InChI=1S/C22H22ClN3O2S/c23-17-9-7-16(8-10-17)19-14-29-22(25-18-4-2-1-3-5-18)26(19)24-13-15-6-11-20(27)21(28)12-15/h6-14,18,27-28H,1-5H2. The second-order valence-electron chi connectivity index (χ2n) is 7.14. The van der Waals surface area contributed by atoms with Gasteiger partial charge >= 0.3 is 0 Å². The molecule has 0 saturated heterocycles. The normalized spacial score (nSPS) is 16.0. The number of aromatic nitrogens is 1. The number of phenols is 2. The predicted molar refractivity (Wildman–Crippen MR) is 118 cm³/mol. The van der Waals surface area contributed by atoms with Crippen LogP contribution in [0.4, 0.5) is 0 Å². The number of rotatable bonds is 4. The molecule has 2 N–H and O–H groups in total. The van der Waals surface area contributed by atoms with E-state index in [1.165, 1.54) is 31.4 Å². The Labute approximate surface area is 178 Å². The van der Waals surface area contributed by atoms with Crippen LogP contribution in [-0.4, -0.2) is 27.1 Å². The van der Waals surface area contributed by atoms with Gasteiger partial charge in [-0.05, 0) is 48.7 Å². The quantitative estimate of drug-likeness (QED) is 0.432. The molecule has 0 radical (unpaired) electrons. The van der Waals surface area contributed by atoms with Crippen LogP contribution in [0.1, 0.15) is 37.7 Å². The van der Waals surface area contributed by atoms with E-state index in [0.29, 0.717) is 16.6 Å². The zero-order valence-electron chi connectivity index (χ0n) is 15.8. The second-order valence-corrected chi connectivity index (χ2v) is 8.41. The molecule has 2 aromatic carbocycles. The molecule has 0 atom stereocenters. The maximum Gasteiger partial charge on any atom is 0.206 e. The van der Waals surface area contributed by atoms with Crippen molar-refractivity contribution in [3.63, 3.8) is 0 Å². The first-order valence-electron chi connectivity index (χ1n) is 9.67. The van der Waals surface area contributed by atoms with Crippen LogP contribution in [0.5, 0.6) is 11.5 Å². The summed E-state index contributed by atoms with van der Waals surface area (Å²) in [5.74, 6) is -0.325. The number of phenolic OH excluding ortho intramolecular Hbond substituents is 2. The molecule has 1 fully saturated rings. The maximum atomic E-state index is 9.74. The van der Waals surface area contributed by atoms with Gasteiger partial charge in [0, 0.05) is 16.0 Å². The zero-order valence-corrected chi connectivity index (χ0v) is 17.4. The highest BCUT2D eigenvalue weighted by atomic mass is 35.5. The van der Waals surface area contributed by atoms with Crippen molar-refractivity contribution in [3.05, 3.63) is 63.2 Å². The molecule has 1 saturated carbocycles. The molecule has 150 valence electrons. The molecular weight excluding hydrogens is 406 g/mol. The third-order valence-corrected chi connectivity index (χ3v) is 6.10. The molecule has 0 spiro atoms. The average Bonchev–Trinajstić information content (AvgIpc) is 3.12. The third-order valence-electron chi connectivity index (χ3n) is 5.01. The zero-order chi connectivity index (χ0) is 20.2. The van der Waals surface area contributed by atoms with Crippen LogP contribution in [0.15, 0.2) is 57.9 Å². The van der Waals surface area contributed by atoms with Gasteiger partial charge in [0.15, 0.2) is 11.5 Å². The third kappa shape index (κ3) is 4.71. The lowest BCUT2D eigenvalue weighted by atomic mass is 9.96. The molecule has 5 nitrogen and oxygen atoms in total. The van der Waals surface area contributed by atoms with Gasteiger partial charge in [-0.25, -0.2) is 4.68 Å². The van der Waals surface area contributed by atoms with Gasteiger partial charge in [-0.3, -0.25) is 4.99 Å². The minimum absolute atomic E-state index is 0.153. The Morgan fingerprint density at radius 3 is 2.48 bits per heavy atom. The summed E-state index contributed by atoms with van der Waals surface area (Å²) in [6.07, 6.45) is 7.62. The summed E-state index contributed by atoms with van der Waals surface area (Å²) in [5.41, 5.74) is 2.62. The smallest absolute Gasteiger partial charge is 0.206 e. The molecular formula is C22H22ClN3O2S. The monoisotopic (exact) mass is 427 g/mol. The molecule has 29 heavy (non-hydrogen) atoms. The van der Waals surface area contributed by atoms with Crippen molar-refractivity contribution in [3.8, 4) is 22.8 Å². The van der Waals surface area contributed by atoms with E-state index in [4.69, 9.17) is 16.6 Å². The molecule has 7 heteroatoms. The minimum atomic E-state index is -0.172. The van der Waals surface area contributed by atoms with Crippen molar-refractivity contribution in [1.29, 1.82) is 0 Å². The number of thiazole rings is 1. The molecule has 1 heterocycles. The minimum Gasteiger partial charge on any atom is -0.504 e. The van der Waals surface area contributed by atoms with Crippen LogP contribution in [0.3, 0.4) is 0 Å². The summed E-state index contributed by atoms with van der Waals surface area (Å²) < 4.78 is 1.84. The van der Waals surface area contributed by atoms with E-state index in [9.17, 15) is 10.2 Å². The summed E-state index contributed by atoms with van der Waals surface area (Å²) in [7, 11) is 0. The first kappa shape index (κ1) is 19.7. The number of hydrogen-bond donors (Lipinski definition) is 2. The average molecular weight is 428 g/mol. The van der Waals surface area contributed by atoms with Crippen LogP contribution in [0, 0.1) is 0 Å². The van der Waals surface area contributed by atoms with Crippen molar-refractivity contribution in [2.45, 2.75) is 38.1 Å². The fraction of sp³-hybridized carbons (Fsp3) is 0.273. The number of halogens is 1. The van der Waals surface area contributed by atoms with Crippen molar-refractivity contribution in [1.82, 2.24) is 4.68 Å². The highest BCUT2D eigenvalue weighted by Gasteiger charge is 2.14. The Balaban J connectivity index is 1.76. The van der Waals surface area contributed by atoms with Crippen LogP contribution < -0.4 is 4.80 Å². The highest BCUT2D eigenvalue weighted by molar-refractivity contribution is 7.07. The molecule has 4 rings (SSSR count). The molecule has 0 aliphatic heterocycles. The number of nitrogens with zero attached hydrogens (tertiary/aromatic N) is 3. The Morgan fingerprint density at radius 2 is 1.76 bits per heavy atom. The molecule has 0 amide bonds. The molecule has 1 aliphatic carbocycles. The van der Waals surface area contributed by atoms with E-state index in [1.54, 1.807) is 23.6 Å². The second kappa shape index (κ2) is 8.84. The van der Waals surface area contributed by atoms with Gasteiger partial charge in [-0.15, -0.1) is 11.3 Å². The van der Waals surface area contributed by atoms with Crippen molar-refractivity contribution >= 4 is 29.2 Å².